The quantitative estimate of drug-likeness (QED) is 0.0216. The molecule has 380 valence electrons. The monoisotopic (exact) mass is 914 g/mol. The molecule has 0 aromatic rings. The van der Waals surface area contributed by atoms with Crippen LogP contribution < -0.4 is 5.32 Å². The van der Waals surface area contributed by atoms with E-state index in [4.69, 9.17) is 9.47 Å². The first-order chi connectivity index (χ1) is 31.2. The molecular formula is C53H103NO10. The van der Waals surface area contributed by atoms with Crippen molar-refractivity contribution in [1.29, 1.82) is 0 Å². The second-order valence-corrected chi connectivity index (χ2v) is 19.3. The van der Waals surface area contributed by atoms with E-state index in [1.54, 1.807) is 0 Å². The van der Waals surface area contributed by atoms with E-state index in [0.29, 0.717) is 19.3 Å². The number of aliphatic hydroxyl groups excluding tert-OH is 7. The molecule has 0 aliphatic carbocycles. The first-order valence-corrected chi connectivity index (χ1v) is 27.1. The van der Waals surface area contributed by atoms with E-state index in [9.17, 15) is 40.5 Å². The van der Waals surface area contributed by atoms with Crippen molar-refractivity contribution >= 4 is 5.91 Å². The van der Waals surface area contributed by atoms with Crippen molar-refractivity contribution in [3.05, 3.63) is 12.2 Å². The summed E-state index contributed by atoms with van der Waals surface area (Å²) in [5, 5.41) is 76.0. The Kier molecular flexibility index (Phi) is 41.0. The molecule has 1 saturated heterocycles. The van der Waals surface area contributed by atoms with Gasteiger partial charge in [-0.1, -0.05) is 225 Å². The third-order valence-electron chi connectivity index (χ3n) is 13.3. The molecule has 0 saturated carbocycles. The van der Waals surface area contributed by atoms with Gasteiger partial charge in [0.05, 0.1) is 25.4 Å². The largest absolute Gasteiger partial charge is 0.394 e. The van der Waals surface area contributed by atoms with Crippen LogP contribution in [0.25, 0.3) is 0 Å². The third-order valence-corrected chi connectivity index (χ3v) is 13.3. The number of hydrogen-bond acceptors (Lipinski definition) is 10. The van der Waals surface area contributed by atoms with Crippen molar-refractivity contribution in [2.45, 2.75) is 306 Å². The van der Waals surface area contributed by atoms with E-state index in [1.165, 1.54) is 161 Å². The number of aliphatic hydroxyl groups is 7. The van der Waals surface area contributed by atoms with Crippen LogP contribution >= 0.6 is 0 Å². The normalized spacial score (nSPS) is 21.0. The molecule has 1 amide bonds. The zero-order valence-electron chi connectivity index (χ0n) is 41.3. The number of rotatable bonds is 46. The van der Waals surface area contributed by atoms with Crippen molar-refractivity contribution in [3.8, 4) is 0 Å². The van der Waals surface area contributed by atoms with E-state index in [-0.39, 0.29) is 6.42 Å². The molecule has 1 fully saturated rings. The van der Waals surface area contributed by atoms with Crippen molar-refractivity contribution in [2.75, 3.05) is 13.2 Å². The lowest BCUT2D eigenvalue weighted by molar-refractivity contribution is -0.303. The van der Waals surface area contributed by atoms with Gasteiger partial charge >= 0.3 is 0 Å². The van der Waals surface area contributed by atoms with Gasteiger partial charge in [0.25, 0.3) is 0 Å². The molecule has 0 radical (unpaired) electrons. The fourth-order valence-corrected chi connectivity index (χ4v) is 8.85. The number of carbonyl (C=O) groups excluding carboxylic acids is 1. The van der Waals surface area contributed by atoms with Gasteiger partial charge in [-0.2, -0.15) is 0 Å². The zero-order valence-corrected chi connectivity index (χ0v) is 41.3. The van der Waals surface area contributed by atoms with Gasteiger partial charge < -0.3 is 50.5 Å². The zero-order chi connectivity index (χ0) is 46.9. The molecule has 9 unspecified atom stereocenters. The number of amides is 1. The second kappa shape index (κ2) is 43.2. The summed E-state index contributed by atoms with van der Waals surface area (Å²) in [4.78, 5) is 13.1. The molecule has 1 heterocycles. The maximum absolute atomic E-state index is 13.1. The summed E-state index contributed by atoms with van der Waals surface area (Å²) in [5.41, 5.74) is 0. The summed E-state index contributed by atoms with van der Waals surface area (Å²) < 4.78 is 11.1. The minimum Gasteiger partial charge on any atom is -0.394 e. The molecule has 8 N–H and O–H groups in total. The average molecular weight is 914 g/mol. The predicted molar refractivity (Wildman–Crippen MR) is 261 cm³/mol. The Labute approximate surface area is 392 Å². The van der Waals surface area contributed by atoms with Gasteiger partial charge in [0, 0.05) is 0 Å². The van der Waals surface area contributed by atoms with Crippen LogP contribution in [-0.4, -0.2) is 110 Å². The Balaban J connectivity index is 2.36. The highest BCUT2D eigenvalue weighted by Gasteiger charge is 2.44. The Morgan fingerprint density at radius 2 is 0.906 bits per heavy atom. The Bertz CT molecular complexity index is 1050. The number of unbranched alkanes of at least 4 members (excludes halogenated alkanes) is 32. The number of carbonyl (C=O) groups is 1. The van der Waals surface area contributed by atoms with Crippen LogP contribution in [0.5, 0.6) is 0 Å². The van der Waals surface area contributed by atoms with Crippen LogP contribution in [0.1, 0.15) is 251 Å². The number of allylic oxidation sites excluding steroid dienone is 2. The van der Waals surface area contributed by atoms with Gasteiger partial charge in [-0.15, -0.1) is 0 Å². The first kappa shape index (κ1) is 60.9. The minimum atomic E-state index is -1.66. The van der Waals surface area contributed by atoms with Crippen LogP contribution in [0, 0.1) is 0 Å². The molecular weight excluding hydrogens is 811 g/mol. The summed E-state index contributed by atoms with van der Waals surface area (Å²) in [5.74, 6) is -0.698. The predicted octanol–water partition coefficient (Wildman–Crippen LogP) is 10.4. The molecule has 9 atom stereocenters. The third kappa shape index (κ3) is 31.8. The number of nitrogens with one attached hydrogen (secondary N) is 1. The van der Waals surface area contributed by atoms with E-state index in [2.05, 4.69) is 31.3 Å². The number of ether oxygens (including phenoxy) is 2. The van der Waals surface area contributed by atoms with E-state index in [0.717, 1.165) is 51.4 Å². The summed E-state index contributed by atoms with van der Waals surface area (Å²) in [7, 11) is 0. The lowest BCUT2D eigenvalue weighted by Gasteiger charge is -2.40. The fourth-order valence-electron chi connectivity index (χ4n) is 8.85. The van der Waals surface area contributed by atoms with E-state index in [1.807, 2.05) is 0 Å². The lowest BCUT2D eigenvalue weighted by atomic mass is 9.98. The first-order valence-electron chi connectivity index (χ1n) is 27.1. The smallest absolute Gasteiger partial charge is 0.249 e. The maximum Gasteiger partial charge on any atom is 0.249 e. The highest BCUT2D eigenvalue weighted by molar-refractivity contribution is 5.80. The van der Waals surface area contributed by atoms with Crippen molar-refractivity contribution in [2.24, 2.45) is 0 Å². The molecule has 1 aliphatic rings. The topological polar surface area (TPSA) is 189 Å². The SMILES string of the molecule is CCCCCCCCCC/C=C\CCCCCCCCC(O)C(=O)NC(COC1OC(CO)C(O)C(O)C1O)C(O)C(O)CCCCCCCCCCCCCCCCCCCCC. The standard InChI is InChI=1S/C53H103NO10/c1-3-5-7-9-11-13-15-17-19-21-23-25-26-28-30-32-34-36-38-40-45(56)48(58)44(43-63-53-51(61)50(60)49(59)47(42-55)64-53)54-52(62)46(57)41-39-37-35-33-31-29-27-24-22-20-18-16-14-12-10-8-6-4-2/h22,24,44-51,53,55-61H,3-21,23,25-43H2,1-2H3,(H,54,62)/b24-22-. The summed E-state index contributed by atoms with van der Waals surface area (Å²) in [6, 6.07) is -1.17. The fraction of sp³-hybridized carbons (Fsp3) is 0.943. The Morgan fingerprint density at radius 1 is 0.531 bits per heavy atom. The van der Waals surface area contributed by atoms with E-state index < -0.39 is 74.2 Å². The van der Waals surface area contributed by atoms with Crippen LogP contribution in [0.4, 0.5) is 0 Å². The summed E-state index contributed by atoms with van der Waals surface area (Å²) >= 11 is 0. The lowest BCUT2D eigenvalue weighted by Crippen LogP contribution is -2.60. The van der Waals surface area contributed by atoms with Gasteiger partial charge in [-0.25, -0.2) is 0 Å². The van der Waals surface area contributed by atoms with Gasteiger partial charge in [-0.3, -0.25) is 4.79 Å². The van der Waals surface area contributed by atoms with Gasteiger partial charge in [-0.05, 0) is 38.5 Å². The van der Waals surface area contributed by atoms with E-state index >= 15 is 0 Å². The molecule has 0 aromatic heterocycles. The molecule has 1 aliphatic heterocycles. The molecule has 1 rings (SSSR count). The van der Waals surface area contributed by atoms with Gasteiger partial charge in [0.15, 0.2) is 6.29 Å². The Hall–Kier alpha value is -1.15. The molecule has 0 aromatic carbocycles. The average Bonchev–Trinajstić information content (AvgIpc) is 3.29. The highest BCUT2D eigenvalue weighted by Crippen LogP contribution is 2.23. The maximum atomic E-state index is 13.1. The van der Waals surface area contributed by atoms with Crippen LogP contribution in [0.2, 0.25) is 0 Å². The van der Waals surface area contributed by atoms with Crippen molar-refractivity contribution in [1.82, 2.24) is 5.32 Å². The summed E-state index contributed by atoms with van der Waals surface area (Å²) in [6.07, 6.45) is 36.8. The molecule has 0 spiro atoms. The molecule has 11 nitrogen and oxygen atoms in total. The summed E-state index contributed by atoms with van der Waals surface area (Å²) in [6.45, 7) is 3.47. The second-order valence-electron chi connectivity index (χ2n) is 19.3. The van der Waals surface area contributed by atoms with Crippen LogP contribution in [0.3, 0.4) is 0 Å². The van der Waals surface area contributed by atoms with Crippen LogP contribution in [-0.2, 0) is 14.3 Å². The van der Waals surface area contributed by atoms with Crippen molar-refractivity contribution in [3.63, 3.8) is 0 Å². The Morgan fingerprint density at radius 3 is 1.31 bits per heavy atom. The van der Waals surface area contributed by atoms with Crippen molar-refractivity contribution < 1.29 is 50.0 Å². The van der Waals surface area contributed by atoms with Gasteiger partial charge in [0.2, 0.25) is 5.91 Å². The number of hydrogen-bond donors (Lipinski definition) is 8. The molecule has 0 bridgehead atoms. The molecule has 11 heteroatoms. The highest BCUT2D eigenvalue weighted by atomic mass is 16.7. The molecule has 64 heavy (non-hydrogen) atoms. The van der Waals surface area contributed by atoms with Crippen LogP contribution in [0.15, 0.2) is 12.2 Å². The van der Waals surface area contributed by atoms with Gasteiger partial charge in [0.1, 0.15) is 36.6 Å². The minimum absolute atomic E-state index is 0.256.